The van der Waals surface area contributed by atoms with E-state index in [0.29, 0.717) is 12.7 Å². The first kappa shape index (κ1) is 25.4. The van der Waals surface area contributed by atoms with Crippen molar-refractivity contribution in [3.05, 3.63) is 12.2 Å². The number of hydrogen-bond acceptors (Lipinski definition) is 3. The molecule has 0 rings (SSSR count). The van der Waals surface area contributed by atoms with E-state index in [0.717, 1.165) is 38.5 Å². The highest BCUT2D eigenvalue weighted by molar-refractivity contribution is 6.76. The SMILES string of the molecule is CCCCCC[C@@H](O)C/C=C\CCCCCCCC(=O)OC[Si](C)(C)C. The predicted molar refractivity (Wildman–Crippen MR) is 115 cm³/mol. The molecule has 154 valence electrons. The molecule has 1 atom stereocenters. The fourth-order valence-electron chi connectivity index (χ4n) is 2.73. The Bertz CT molecular complexity index is 361. The van der Waals surface area contributed by atoms with E-state index < -0.39 is 8.07 Å². The van der Waals surface area contributed by atoms with Crippen LogP contribution >= 0.6 is 0 Å². The van der Waals surface area contributed by atoms with Gasteiger partial charge in [-0.05, 0) is 32.1 Å². The van der Waals surface area contributed by atoms with Gasteiger partial charge < -0.3 is 9.84 Å². The second-order valence-electron chi connectivity index (χ2n) is 8.74. The first-order valence-electron chi connectivity index (χ1n) is 10.8. The van der Waals surface area contributed by atoms with Gasteiger partial charge in [-0.2, -0.15) is 0 Å². The number of unbranched alkanes of at least 4 members (excludes halogenated alkanes) is 8. The summed E-state index contributed by atoms with van der Waals surface area (Å²) in [5, 5.41) is 9.89. The zero-order chi connectivity index (χ0) is 19.7. The number of rotatable bonds is 17. The standard InChI is InChI=1S/C22H44O3Si/c1-5-6-7-14-17-21(23)18-15-12-10-8-9-11-13-16-19-22(24)25-20-26(2,3)4/h12,15,21,23H,5-11,13-14,16-20H2,1-4H3/b15-12-/t21-/m1/s1. The van der Waals surface area contributed by atoms with Gasteiger partial charge in [-0.3, -0.25) is 4.79 Å². The highest BCUT2D eigenvalue weighted by atomic mass is 28.3. The maximum atomic E-state index is 11.6. The minimum atomic E-state index is -1.28. The molecule has 0 unspecified atom stereocenters. The largest absolute Gasteiger partial charge is 0.469 e. The van der Waals surface area contributed by atoms with E-state index in [9.17, 15) is 9.90 Å². The molecule has 0 aromatic heterocycles. The lowest BCUT2D eigenvalue weighted by atomic mass is 10.1. The van der Waals surface area contributed by atoms with Gasteiger partial charge in [0, 0.05) is 6.42 Å². The van der Waals surface area contributed by atoms with Gasteiger partial charge in [0.2, 0.25) is 0 Å². The van der Waals surface area contributed by atoms with Crippen LogP contribution in [-0.4, -0.2) is 31.5 Å². The third-order valence-electron chi connectivity index (χ3n) is 4.38. The van der Waals surface area contributed by atoms with Gasteiger partial charge >= 0.3 is 5.97 Å². The Kier molecular flexibility index (Phi) is 16.2. The van der Waals surface area contributed by atoms with E-state index in [-0.39, 0.29) is 12.1 Å². The summed E-state index contributed by atoms with van der Waals surface area (Å²) in [4.78, 5) is 11.6. The zero-order valence-corrected chi connectivity index (χ0v) is 18.9. The number of esters is 1. The fourth-order valence-corrected chi connectivity index (χ4v) is 3.32. The maximum absolute atomic E-state index is 11.6. The van der Waals surface area contributed by atoms with Crippen LogP contribution in [0, 0.1) is 0 Å². The third-order valence-corrected chi connectivity index (χ3v) is 5.39. The Morgan fingerprint density at radius 2 is 1.62 bits per heavy atom. The maximum Gasteiger partial charge on any atom is 0.305 e. The molecule has 1 N–H and O–H groups in total. The average Bonchev–Trinajstić information content (AvgIpc) is 2.58. The summed E-state index contributed by atoms with van der Waals surface area (Å²) >= 11 is 0. The Hall–Kier alpha value is -0.613. The fraction of sp³-hybridized carbons (Fsp3) is 0.864. The smallest absolute Gasteiger partial charge is 0.305 e. The van der Waals surface area contributed by atoms with Crippen LogP contribution in [-0.2, 0) is 9.53 Å². The van der Waals surface area contributed by atoms with Crippen molar-refractivity contribution in [1.82, 2.24) is 0 Å². The van der Waals surface area contributed by atoms with Gasteiger partial charge in [0.1, 0.15) is 0 Å². The van der Waals surface area contributed by atoms with Crippen molar-refractivity contribution in [2.45, 2.75) is 116 Å². The van der Waals surface area contributed by atoms with Crippen molar-refractivity contribution in [2.24, 2.45) is 0 Å². The number of ether oxygens (including phenoxy) is 1. The van der Waals surface area contributed by atoms with Crippen molar-refractivity contribution in [3.8, 4) is 0 Å². The Morgan fingerprint density at radius 3 is 2.31 bits per heavy atom. The summed E-state index contributed by atoms with van der Waals surface area (Å²) in [5.74, 6) is -0.0244. The monoisotopic (exact) mass is 384 g/mol. The van der Waals surface area contributed by atoms with Crippen molar-refractivity contribution >= 4 is 14.0 Å². The van der Waals surface area contributed by atoms with Crippen LogP contribution < -0.4 is 0 Å². The molecule has 0 aliphatic heterocycles. The minimum absolute atomic E-state index is 0.0244. The topological polar surface area (TPSA) is 46.5 Å². The molecule has 0 aliphatic rings. The van der Waals surface area contributed by atoms with E-state index in [1.807, 2.05) is 0 Å². The Labute approximate surface area is 163 Å². The second kappa shape index (κ2) is 16.6. The molecule has 0 radical (unpaired) electrons. The number of allylic oxidation sites excluding steroid dienone is 1. The van der Waals surface area contributed by atoms with Crippen LogP contribution in [0.3, 0.4) is 0 Å². The lowest BCUT2D eigenvalue weighted by Gasteiger charge is -2.15. The summed E-state index contributed by atoms with van der Waals surface area (Å²) < 4.78 is 5.33. The molecular weight excluding hydrogens is 340 g/mol. The summed E-state index contributed by atoms with van der Waals surface area (Å²) in [6, 6.07) is 0. The van der Waals surface area contributed by atoms with E-state index in [1.165, 1.54) is 38.5 Å². The van der Waals surface area contributed by atoms with Gasteiger partial charge in [-0.25, -0.2) is 0 Å². The van der Waals surface area contributed by atoms with Crippen LogP contribution in [0.4, 0.5) is 0 Å². The molecule has 0 heterocycles. The van der Waals surface area contributed by atoms with Crippen molar-refractivity contribution in [2.75, 3.05) is 6.23 Å². The van der Waals surface area contributed by atoms with E-state index in [1.54, 1.807) is 0 Å². The molecular formula is C22H44O3Si. The van der Waals surface area contributed by atoms with Crippen molar-refractivity contribution in [1.29, 1.82) is 0 Å². The van der Waals surface area contributed by atoms with E-state index >= 15 is 0 Å². The summed E-state index contributed by atoms with van der Waals surface area (Å²) in [6.07, 6.45) is 18.8. The molecule has 0 aromatic rings. The van der Waals surface area contributed by atoms with Crippen molar-refractivity contribution < 1.29 is 14.6 Å². The summed E-state index contributed by atoms with van der Waals surface area (Å²) in [5.41, 5.74) is 0. The van der Waals surface area contributed by atoms with Crippen LogP contribution in [0.1, 0.15) is 90.4 Å². The molecule has 0 saturated carbocycles. The number of aliphatic hydroxyl groups is 1. The normalized spacial score (nSPS) is 13.3. The minimum Gasteiger partial charge on any atom is -0.469 e. The van der Waals surface area contributed by atoms with Gasteiger partial charge in [-0.1, -0.05) is 83.7 Å². The molecule has 4 heteroatoms. The lowest BCUT2D eigenvalue weighted by molar-refractivity contribution is -0.142. The molecule has 0 bridgehead atoms. The molecule has 0 aliphatic carbocycles. The lowest BCUT2D eigenvalue weighted by Crippen LogP contribution is -2.29. The first-order valence-corrected chi connectivity index (χ1v) is 14.5. The Morgan fingerprint density at radius 1 is 0.962 bits per heavy atom. The molecule has 26 heavy (non-hydrogen) atoms. The quantitative estimate of drug-likeness (QED) is 0.136. The summed E-state index contributed by atoms with van der Waals surface area (Å²) in [6.45, 7) is 8.84. The molecule has 0 fully saturated rings. The number of hydrogen-bond donors (Lipinski definition) is 1. The first-order chi connectivity index (χ1) is 12.3. The molecule has 0 aromatic carbocycles. The number of carbonyl (C=O) groups is 1. The van der Waals surface area contributed by atoms with Gasteiger partial charge in [0.15, 0.2) is 0 Å². The second-order valence-corrected chi connectivity index (χ2v) is 14.1. The third kappa shape index (κ3) is 19.7. The molecule has 0 spiro atoms. The van der Waals surface area contributed by atoms with Gasteiger partial charge in [0.05, 0.1) is 20.4 Å². The van der Waals surface area contributed by atoms with Crippen LogP contribution in [0.5, 0.6) is 0 Å². The molecule has 0 saturated heterocycles. The van der Waals surface area contributed by atoms with Gasteiger partial charge in [0.25, 0.3) is 0 Å². The summed E-state index contributed by atoms with van der Waals surface area (Å²) in [7, 11) is -1.28. The van der Waals surface area contributed by atoms with Crippen LogP contribution in [0.15, 0.2) is 12.2 Å². The zero-order valence-electron chi connectivity index (χ0n) is 17.9. The van der Waals surface area contributed by atoms with Gasteiger partial charge in [-0.15, -0.1) is 0 Å². The number of carbonyl (C=O) groups excluding carboxylic acids is 1. The van der Waals surface area contributed by atoms with E-state index in [2.05, 4.69) is 38.7 Å². The highest BCUT2D eigenvalue weighted by Gasteiger charge is 2.15. The number of aliphatic hydroxyl groups excluding tert-OH is 1. The Balaban J connectivity index is 3.38. The van der Waals surface area contributed by atoms with Crippen LogP contribution in [0.2, 0.25) is 19.6 Å². The van der Waals surface area contributed by atoms with Crippen molar-refractivity contribution in [3.63, 3.8) is 0 Å². The average molecular weight is 385 g/mol. The van der Waals surface area contributed by atoms with E-state index in [4.69, 9.17) is 4.74 Å². The van der Waals surface area contributed by atoms with Crippen LogP contribution in [0.25, 0.3) is 0 Å². The predicted octanol–water partition coefficient (Wildman–Crippen LogP) is 6.42. The molecule has 3 nitrogen and oxygen atoms in total. The highest BCUT2D eigenvalue weighted by Crippen LogP contribution is 2.11. The molecule has 0 amide bonds.